The number of rotatable bonds is 7. The van der Waals surface area contributed by atoms with Crippen LogP contribution in [0.1, 0.15) is 13.3 Å². The van der Waals surface area contributed by atoms with Crippen molar-refractivity contribution >= 4 is 21.7 Å². The van der Waals surface area contributed by atoms with Crippen LogP contribution < -0.4 is 10.5 Å². The SMILES string of the molecule is CCCN(CC(=O)OC)S(=O)(=O)c1cc(N)ccc1OC. The zero-order valence-electron chi connectivity index (χ0n) is 12.3. The number of carbonyl (C=O) groups is 1. The van der Waals surface area contributed by atoms with E-state index in [1.165, 1.54) is 26.4 Å². The van der Waals surface area contributed by atoms with Gasteiger partial charge < -0.3 is 15.2 Å². The molecule has 0 amide bonds. The molecule has 0 heterocycles. The lowest BCUT2D eigenvalue weighted by Crippen LogP contribution is -2.37. The highest BCUT2D eigenvalue weighted by Gasteiger charge is 2.29. The second-order valence-electron chi connectivity index (χ2n) is 4.33. The van der Waals surface area contributed by atoms with Crippen LogP contribution in [0, 0.1) is 0 Å². The van der Waals surface area contributed by atoms with Crippen molar-refractivity contribution in [2.45, 2.75) is 18.2 Å². The predicted molar refractivity (Wildman–Crippen MR) is 78.5 cm³/mol. The molecule has 0 spiro atoms. The van der Waals surface area contributed by atoms with Gasteiger partial charge >= 0.3 is 5.97 Å². The van der Waals surface area contributed by atoms with Crippen molar-refractivity contribution in [3.8, 4) is 5.75 Å². The number of hydrogen-bond donors (Lipinski definition) is 1. The number of benzene rings is 1. The highest BCUT2D eigenvalue weighted by Crippen LogP contribution is 2.28. The van der Waals surface area contributed by atoms with Crippen LogP contribution in [0.15, 0.2) is 23.1 Å². The summed E-state index contributed by atoms with van der Waals surface area (Å²) in [6, 6.07) is 4.33. The maximum absolute atomic E-state index is 12.7. The number of carbonyl (C=O) groups excluding carboxylic acids is 1. The van der Waals surface area contributed by atoms with Crippen LogP contribution in [0.2, 0.25) is 0 Å². The monoisotopic (exact) mass is 316 g/mol. The number of nitrogens with two attached hydrogens (primary N) is 1. The van der Waals surface area contributed by atoms with Crippen LogP contribution in [0.5, 0.6) is 5.75 Å². The normalized spacial score (nSPS) is 11.4. The van der Waals surface area contributed by atoms with Gasteiger partial charge in [0.25, 0.3) is 0 Å². The summed E-state index contributed by atoms with van der Waals surface area (Å²) >= 11 is 0. The summed E-state index contributed by atoms with van der Waals surface area (Å²) in [6.45, 7) is 1.65. The highest BCUT2D eigenvalue weighted by molar-refractivity contribution is 7.89. The summed E-state index contributed by atoms with van der Waals surface area (Å²) in [5.74, 6) is -0.454. The van der Waals surface area contributed by atoms with E-state index in [0.717, 1.165) is 4.31 Å². The Kier molecular flexibility index (Phi) is 5.98. The van der Waals surface area contributed by atoms with Crippen molar-refractivity contribution in [2.75, 3.05) is 33.0 Å². The average Bonchev–Trinajstić information content (AvgIpc) is 2.46. The summed E-state index contributed by atoms with van der Waals surface area (Å²) in [5.41, 5.74) is 5.95. The summed E-state index contributed by atoms with van der Waals surface area (Å²) < 4.78 is 36.0. The Bertz CT molecular complexity index is 601. The topological polar surface area (TPSA) is 98.9 Å². The molecule has 0 unspecified atom stereocenters. The average molecular weight is 316 g/mol. The van der Waals surface area contributed by atoms with Gasteiger partial charge in [-0.15, -0.1) is 0 Å². The van der Waals surface area contributed by atoms with Crippen LogP contribution in [-0.4, -0.2) is 46.0 Å². The molecule has 0 aliphatic rings. The molecule has 1 aromatic carbocycles. The predicted octanol–water partition coefficient (Wildman–Crippen LogP) is 0.851. The molecule has 21 heavy (non-hydrogen) atoms. The standard InChI is InChI=1S/C13H20N2O5S/c1-4-7-15(9-13(16)20-3)21(17,18)12-8-10(14)5-6-11(12)19-2/h5-6,8H,4,7,9,14H2,1-3H3. The third kappa shape index (κ3) is 4.08. The van der Waals surface area contributed by atoms with Gasteiger partial charge in [0.1, 0.15) is 17.2 Å². The lowest BCUT2D eigenvalue weighted by atomic mass is 10.3. The fraction of sp³-hybridized carbons (Fsp3) is 0.462. The number of nitrogens with zero attached hydrogens (tertiary/aromatic N) is 1. The first-order valence-corrected chi connectivity index (χ1v) is 7.81. The van der Waals surface area contributed by atoms with E-state index in [2.05, 4.69) is 4.74 Å². The van der Waals surface area contributed by atoms with Gasteiger partial charge in [0.2, 0.25) is 10.0 Å². The van der Waals surface area contributed by atoms with Gasteiger partial charge in [-0.2, -0.15) is 4.31 Å². The maximum Gasteiger partial charge on any atom is 0.321 e. The van der Waals surface area contributed by atoms with Crippen LogP contribution in [-0.2, 0) is 19.6 Å². The number of hydrogen-bond acceptors (Lipinski definition) is 6. The minimum atomic E-state index is -3.91. The molecule has 0 atom stereocenters. The third-order valence-electron chi connectivity index (χ3n) is 2.81. The van der Waals surface area contributed by atoms with Crippen molar-refractivity contribution in [3.63, 3.8) is 0 Å². The van der Waals surface area contributed by atoms with Crippen molar-refractivity contribution in [1.29, 1.82) is 0 Å². The number of methoxy groups -OCH3 is 2. The smallest absolute Gasteiger partial charge is 0.321 e. The number of ether oxygens (including phenoxy) is 2. The quantitative estimate of drug-likeness (QED) is 0.591. The minimum absolute atomic E-state index is 0.0673. The molecular formula is C13H20N2O5S. The van der Waals surface area contributed by atoms with E-state index >= 15 is 0 Å². The molecular weight excluding hydrogens is 296 g/mol. The number of sulfonamides is 1. The molecule has 118 valence electrons. The first-order chi connectivity index (χ1) is 9.86. The van der Waals surface area contributed by atoms with E-state index in [0.29, 0.717) is 12.1 Å². The van der Waals surface area contributed by atoms with Crippen molar-refractivity contribution < 1.29 is 22.7 Å². The fourth-order valence-corrected chi connectivity index (χ4v) is 3.44. The molecule has 0 fully saturated rings. The van der Waals surface area contributed by atoms with Crippen LogP contribution in [0.25, 0.3) is 0 Å². The zero-order valence-corrected chi connectivity index (χ0v) is 13.1. The van der Waals surface area contributed by atoms with Gasteiger partial charge in [-0.05, 0) is 24.6 Å². The van der Waals surface area contributed by atoms with Gasteiger partial charge in [-0.1, -0.05) is 6.92 Å². The summed E-state index contributed by atoms with van der Waals surface area (Å²) in [5, 5.41) is 0. The molecule has 0 radical (unpaired) electrons. The molecule has 2 N–H and O–H groups in total. The second kappa shape index (κ2) is 7.28. The van der Waals surface area contributed by atoms with E-state index < -0.39 is 16.0 Å². The Morgan fingerprint density at radius 1 is 1.33 bits per heavy atom. The largest absolute Gasteiger partial charge is 0.495 e. The lowest BCUT2D eigenvalue weighted by Gasteiger charge is -2.21. The molecule has 0 aliphatic carbocycles. The minimum Gasteiger partial charge on any atom is -0.495 e. The molecule has 1 rings (SSSR count). The number of esters is 1. The Balaban J connectivity index is 3.28. The molecule has 0 saturated carbocycles. The van der Waals surface area contributed by atoms with Gasteiger partial charge in [-0.25, -0.2) is 8.42 Å². The van der Waals surface area contributed by atoms with E-state index in [9.17, 15) is 13.2 Å². The van der Waals surface area contributed by atoms with Gasteiger partial charge in [0.05, 0.1) is 14.2 Å². The Labute approximate surface area is 124 Å². The molecule has 0 aromatic heterocycles. The second-order valence-corrected chi connectivity index (χ2v) is 6.23. The summed E-state index contributed by atoms with van der Waals surface area (Å²) in [4.78, 5) is 11.3. The lowest BCUT2D eigenvalue weighted by molar-refractivity contribution is -0.140. The Hall–Kier alpha value is -1.80. The maximum atomic E-state index is 12.7. The molecule has 0 aliphatic heterocycles. The van der Waals surface area contributed by atoms with Crippen LogP contribution in [0.3, 0.4) is 0 Å². The molecule has 1 aromatic rings. The number of anilines is 1. The highest BCUT2D eigenvalue weighted by atomic mass is 32.2. The molecule has 0 bridgehead atoms. The van der Waals surface area contributed by atoms with Gasteiger partial charge in [-0.3, -0.25) is 4.79 Å². The Morgan fingerprint density at radius 3 is 2.52 bits per heavy atom. The first-order valence-electron chi connectivity index (χ1n) is 6.37. The van der Waals surface area contributed by atoms with E-state index in [1.807, 2.05) is 6.92 Å². The first kappa shape index (κ1) is 17.3. The molecule has 0 saturated heterocycles. The van der Waals surface area contributed by atoms with Gasteiger partial charge in [0.15, 0.2) is 0 Å². The third-order valence-corrected chi connectivity index (χ3v) is 4.68. The summed E-state index contributed by atoms with van der Waals surface area (Å²) in [6.07, 6.45) is 0.556. The van der Waals surface area contributed by atoms with E-state index in [1.54, 1.807) is 6.07 Å². The molecule has 8 heteroatoms. The van der Waals surface area contributed by atoms with Crippen LogP contribution in [0.4, 0.5) is 5.69 Å². The zero-order chi connectivity index (χ0) is 16.0. The van der Waals surface area contributed by atoms with E-state index in [4.69, 9.17) is 10.5 Å². The number of nitrogen functional groups attached to an aromatic ring is 1. The molecule has 7 nitrogen and oxygen atoms in total. The van der Waals surface area contributed by atoms with Crippen molar-refractivity contribution in [1.82, 2.24) is 4.31 Å². The summed E-state index contributed by atoms with van der Waals surface area (Å²) in [7, 11) is -1.33. The van der Waals surface area contributed by atoms with Crippen molar-refractivity contribution in [3.05, 3.63) is 18.2 Å². The van der Waals surface area contributed by atoms with Crippen LogP contribution >= 0.6 is 0 Å². The van der Waals surface area contributed by atoms with E-state index in [-0.39, 0.29) is 23.7 Å². The van der Waals surface area contributed by atoms with Crippen molar-refractivity contribution in [2.24, 2.45) is 0 Å². The fourth-order valence-electron chi connectivity index (χ4n) is 1.78. The van der Waals surface area contributed by atoms with Gasteiger partial charge in [0, 0.05) is 12.2 Å². The Morgan fingerprint density at radius 2 is 2.00 bits per heavy atom.